The van der Waals surface area contributed by atoms with E-state index in [0.29, 0.717) is 0 Å². The summed E-state index contributed by atoms with van der Waals surface area (Å²) >= 11 is 0. The van der Waals surface area contributed by atoms with Crippen LogP contribution in [0.15, 0.2) is 0 Å². The van der Waals surface area contributed by atoms with Crippen LogP contribution in [0.4, 0.5) is 0 Å². The number of rotatable bonds is 18. The Morgan fingerprint density at radius 3 is 0.846 bits per heavy atom. The summed E-state index contributed by atoms with van der Waals surface area (Å²) in [6.07, 6.45) is 12.8. The number of nitrogens with zero attached hydrogens (tertiary/aromatic N) is 2. The van der Waals surface area contributed by atoms with Crippen LogP contribution >= 0.6 is 0 Å². The molecule has 0 radical (unpaired) electrons. The molecule has 4 nitrogen and oxygen atoms in total. The lowest BCUT2D eigenvalue weighted by Crippen LogP contribution is -2.28. The zero-order valence-corrected chi connectivity index (χ0v) is 18.8. The van der Waals surface area contributed by atoms with Gasteiger partial charge < -0.3 is 21.3 Å². The minimum absolute atomic E-state index is 0.828. The van der Waals surface area contributed by atoms with Crippen LogP contribution in [0, 0.1) is 0 Å². The first-order chi connectivity index (χ1) is 12.7. The van der Waals surface area contributed by atoms with Crippen molar-refractivity contribution in [3.05, 3.63) is 0 Å². The molecule has 0 fully saturated rings. The summed E-state index contributed by atoms with van der Waals surface area (Å²) in [6, 6.07) is 0. The van der Waals surface area contributed by atoms with E-state index >= 15 is 0 Å². The van der Waals surface area contributed by atoms with E-state index in [0.717, 1.165) is 25.9 Å². The maximum atomic E-state index is 5.51. The van der Waals surface area contributed by atoms with Gasteiger partial charge in [0.05, 0.1) is 0 Å². The van der Waals surface area contributed by atoms with E-state index in [4.69, 9.17) is 11.5 Å². The molecule has 0 aliphatic carbocycles. The molecule has 0 amide bonds. The molecular formula is C22H52N4. The fourth-order valence-electron chi connectivity index (χ4n) is 2.83. The fraction of sp³-hybridized carbons (Fsp3) is 1.00. The highest BCUT2D eigenvalue weighted by Gasteiger charge is 2.02. The summed E-state index contributed by atoms with van der Waals surface area (Å²) in [6.45, 7) is 18.1. The summed E-state index contributed by atoms with van der Waals surface area (Å²) < 4.78 is 0. The average molecular weight is 373 g/mol. The monoisotopic (exact) mass is 372 g/mol. The van der Waals surface area contributed by atoms with Crippen molar-refractivity contribution < 1.29 is 0 Å². The van der Waals surface area contributed by atoms with Crippen LogP contribution < -0.4 is 11.5 Å². The predicted octanol–water partition coefficient (Wildman–Crippen LogP) is 4.47. The Morgan fingerprint density at radius 2 is 0.654 bits per heavy atom. The molecule has 0 rings (SSSR count). The van der Waals surface area contributed by atoms with Gasteiger partial charge >= 0.3 is 0 Å². The Kier molecular flexibility index (Phi) is 26.8. The number of hydrogen-bond donors (Lipinski definition) is 2. The summed E-state index contributed by atoms with van der Waals surface area (Å²) in [5.74, 6) is 0. The molecule has 0 heterocycles. The predicted molar refractivity (Wildman–Crippen MR) is 120 cm³/mol. The molecule has 26 heavy (non-hydrogen) atoms. The maximum absolute atomic E-state index is 5.51. The lowest BCUT2D eigenvalue weighted by Gasteiger charge is -2.21. The van der Waals surface area contributed by atoms with E-state index in [1.807, 2.05) is 0 Å². The Morgan fingerprint density at radius 1 is 0.423 bits per heavy atom. The topological polar surface area (TPSA) is 58.5 Å². The number of unbranched alkanes of at least 4 members (excludes halogenated alkanes) is 4. The van der Waals surface area contributed by atoms with Crippen molar-refractivity contribution >= 4 is 0 Å². The molecule has 0 spiro atoms. The van der Waals surface area contributed by atoms with Crippen molar-refractivity contribution in [2.45, 2.75) is 91.9 Å². The van der Waals surface area contributed by atoms with Crippen molar-refractivity contribution in [2.75, 3.05) is 52.4 Å². The third kappa shape index (κ3) is 21.9. The Bertz CT molecular complexity index is 174. The molecule has 4 N–H and O–H groups in total. The molecule has 0 aromatic carbocycles. The third-order valence-electron chi connectivity index (χ3n) is 4.67. The highest BCUT2D eigenvalue weighted by molar-refractivity contribution is 4.59. The van der Waals surface area contributed by atoms with Gasteiger partial charge in [-0.25, -0.2) is 0 Å². The number of nitrogens with two attached hydrogens (primary N) is 2. The first-order valence-electron chi connectivity index (χ1n) is 11.5. The maximum Gasteiger partial charge on any atom is -0.000672 e. The second-order valence-corrected chi connectivity index (χ2v) is 7.38. The lowest BCUT2D eigenvalue weighted by molar-refractivity contribution is 0.263. The Labute approximate surface area is 166 Å². The zero-order chi connectivity index (χ0) is 19.9. The van der Waals surface area contributed by atoms with Crippen molar-refractivity contribution in [3.63, 3.8) is 0 Å². The summed E-state index contributed by atoms with van der Waals surface area (Å²) in [7, 11) is 0. The van der Waals surface area contributed by atoms with E-state index in [1.165, 1.54) is 90.6 Å². The van der Waals surface area contributed by atoms with Gasteiger partial charge in [-0.2, -0.15) is 0 Å². The van der Waals surface area contributed by atoms with E-state index in [2.05, 4.69) is 37.5 Å². The van der Waals surface area contributed by atoms with Crippen LogP contribution in [0.1, 0.15) is 91.9 Å². The van der Waals surface area contributed by atoms with Crippen molar-refractivity contribution in [3.8, 4) is 0 Å². The molecule has 0 aliphatic rings. The first kappa shape index (κ1) is 28.1. The number of hydrogen-bond acceptors (Lipinski definition) is 4. The first-order valence-corrected chi connectivity index (χ1v) is 11.5. The molecule has 160 valence electrons. The molecular weight excluding hydrogens is 320 g/mol. The van der Waals surface area contributed by atoms with Gasteiger partial charge in [0.15, 0.2) is 0 Å². The van der Waals surface area contributed by atoms with E-state index in [9.17, 15) is 0 Å². The van der Waals surface area contributed by atoms with E-state index < -0.39 is 0 Å². The lowest BCUT2D eigenvalue weighted by atomic mass is 10.2. The van der Waals surface area contributed by atoms with Crippen LogP contribution in [0.2, 0.25) is 0 Å². The molecule has 0 bridgehead atoms. The quantitative estimate of drug-likeness (QED) is 0.372. The van der Waals surface area contributed by atoms with Gasteiger partial charge in [0.1, 0.15) is 0 Å². The standard InChI is InChI=1S/2C11H26N2/c2*1-3-5-9-13(10-6-4-2)11-7-8-12/h2*3-12H2,1-2H3. The normalized spacial score (nSPS) is 11.1. The summed E-state index contributed by atoms with van der Waals surface area (Å²) in [5.41, 5.74) is 11.0. The average Bonchev–Trinajstić information content (AvgIpc) is 2.67. The molecule has 0 aromatic rings. The van der Waals surface area contributed by atoms with E-state index in [1.54, 1.807) is 0 Å². The van der Waals surface area contributed by atoms with Gasteiger partial charge in [-0.15, -0.1) is 0 Å². The van der Waals surface area contributed by atoms with Gasteiger partial charge in [0, 0.05) is 0 Å². The Balaban J connectivity index is 0. The van der Waals surface area contributed by atoms with Crippen LogP contribution in [-0.4, -0.2) is 62.2 Å². The van der Waals surface area contributed by atoms with Crippen molar-refractivity contribution in [2.24, 2.45) is 11.5 Å². The minimum atomic E-state index is 0.828. The van der Waals surface area contributed by atoms with Crippen LogP contribution in [0.3, 0.4) is 0 Å². The third-order valence-corrected chi connectivity index (χ3v) is 4.67. The molecule has 0 aliphatic heterocycles. The second-order valence-electron chi connectivity index (χ2n) is 7.38. The second kappa shape index (κ2) is 24.8. The fourth-order valence-corrected chi connectivity index (χ4v) is 2.83. The summed E-state index contributed by atoms with van der Waals surface area (Å²) in [5, 5.41) is 0. The van der Waals surface area contributed by atoms with Gasteiger partial charge in [0.25, 0.3) is 0 Å². The molecule has 0 saturated heterocycles. The van der Waals surface area contributed by atoms with Crippen LogP contribution in [-0.2, 0) is 0 Å². The summed E-state index contributed by atoms with van der Waals surface area (Å²) in [4.78, 5) is 5.11. The van der Waals surface area contributed by atoms with E-state index in [-0.39, 0.29) is 0 Å². The van der Waals surface area contributed by atoms with Crippen molar-refractivity contribution in [1.82, 2.24) is 9.80 Å². The van der Waals surface area contributed by atoms with Gasteiger partial charge in [0.2, 0.25) is 0 Å². The van der Waals surface area contributed by atoms with Gasteiger partial charge in [-0.05, 0) is 90.9 Å². The van der Waals surface area contributed by atoms with Crippen LogP contribution in [0.25, 0.3) is 0 Å². The molecule has 0 unspecified atom stereocenters. The molecule has 0 atom stereocenters. The zero-order valence-electron chi connectivity index (χ0n) is 18.8. The largest absolute Gasteiger partial charge is 0.330 e. The smallest absolute Gasteiger partial charge is 0.000672 e. The van der Waals surface area contributed by atoms with Crippen molar-refractivity contribution in [1.29, 1.82) is 0 Å². The van der Waals surface area contributed by atoms with Crippen LogP contribution in [0.5, 0.6) is 0 Å². The highest BCUT2D eigenvalue weighted by Crippen LogP contribution is 2.00. The minimum Gasteiger partial charge on any atom is -0.330 e. The van der Waals surface area contributed by atoms with Gasteiger partial charge in [-0.3, -0.25) is 0 Å². The molecule has 0 aromatic heterocycles. The highest BCUT2D eigenvalue weighted by atomic mass is 15.1. The van der Waals surface area contributed by atoms with Gasteiger partial charge in [-0.1, -0.05) is 53.4 Å². The molecule has 0 saturated carbocycles. The SMILES string of the molecule is CCCCN(CCCC)CCCN.CCCCN(CCCC)CCCN. The molecule has 4 heteroatoms. The Hall–Kier alpha value is -0.160.